The van der Waals surface area contributed by atoms with Crippen LogP contribution < -0.4 is 5.32 Å². The summed E-state index contributed by atoms with van der Waals surface area (Å²) >= 11 is 0. The van der Waals surface area contributed by atoms with Gasteiger partial charge in [-0.2, -0.15) is 0 Å². The first-order valence-electron chi connectivity index (χ1n) is 19.9. The van der Waals surface area contributed by atoms with Crippen molar-refractivity contribution >= 4 is 18.6 Å². The molecule has 2 N–H and O–H groups in total. The fraction of sp³-hybridized carbons (Fsp3) is 0.875. The van der Waals surface area contributed by atoms with Gasteiger partial charge < -0.3 is 25.0 Å². The molecule has 8 unspecified atom stereocenters. The summed E-state index contributed by atoms with van der Waals surface area (Å²) in [6.45, 7) is 17.5. The van der Waals surface area contributed by atoms with Crippen molar-refractivity contribution in [1.82, 2.24) is 20.0 Å². The maximum Gasteiger partial charge on any atom is 0.236 e. The Hall–Kier alpha value is -1.77. The Kier molecular flexibility index (Phi) is 18.7. The predicted molar refractivity (Wildman–Crippen MR) is 197 cm³/mol. The van der Waals surface area contributed by atoms with Crippen molar-refractivity contribution in [2.45, 2.75) is 148 Å². The van der Waals surface area contributed by atoms with Gasteiger partial charge in [-0.3, -0.25) is 14.5 Å². The lowest BCUT2D eigenvalue weighted by molar-refractivity contribution is -0.132. The molecule has 5 rings (SSSR count). The van der Waals surface area contributed by atoms with E-state index in [2.05, 4.69) is 37.6 Å². The van der Waals surface area contributed by atoms with Crippen LogP contribution in [-0.4, -0.2) is 102 Å². The molecule has 5 fully saturated rings. The molecule has 0 aromatic heterocycles. The highest BCUT2D eigenvalue weighted by atomic mass is 16.3. The topological polar surface area (TPSA) is 93.2 Å². The summed E-state index contributed by atoms with van der Waals surface area (Å²) in [7, 11) is 0. The van der Waals surface area contributed by atoms with Gasteiger partial charge in [0.2, 0.25) is 11.8 Å². The minimum Gasteiger partial charge on any atom is -0.391 e. The number of rotatable bonds is 12. The molecule has 276 valence electrons. The van der Waals surface area contributed by atoms with Crippen LogP contribution in [0.5, 0.6) is 0 Å². The molecule has 48 heavy (non-hydrogen) atoms. The Balaban J connectivity index is 0.000000399. The molecular formula is C40H72N4O4. The molecule has 2 heterocycles. The van der Waals surface area contributed by atoms with E-state index < -0.39 is 6.10 Å². The minimum atomic E-state index is -0.473. The number of carbonyl (C=O) groups is 3. The number of nitrogens with zero attached hydrogens (tertiary/aromatic N) is 3. The van der Waals surface area contributed by atoms with Gasteiger partial charge in [0.15, 0.2) is 0 Å². The number of piperazine rings is 1. The van der Waals surface area contributed by atoms with E-state index in [0.29, 0.717) is 44.4 Å². The van der Waals surface area contributed by atoms with E-state index in [-0.39, 0.29) is 17.9 Å². The Labute approximate surface area is 293 Å². The summed E-state index contributed by atoms with van der Waals surface area (Å²) in [5.41, 5.74) is 0. The van der Waals surface area contributed by atoms with Crippen LogP contribution in [0.1, 0.15) is 130 Å². The van der Waals surface area contributed by atoms with Gasteiger partial charge in [0.1, 0.15) is 6.79 Å². The van der Waals surface area contributed by atoms with Crippen LogP contribution in [0, 0.1) is 29.6 Å². The number of β-amino-alcohol motifs (C(OH)–C–C–N with tert-alkyl or cyclic N) is 1. The lowest BCUT2D eigenvalue weighted by Gasteiger charge is -2.44. The van der Waals surface area contributed by atoms with Crippen molar-refractivity contribution in [3.8, 4) is 0 Å². The van der Waals surface area contributed by atoms with Crippen LogP contribution in [0.15, 0.2) is 12.7 Å². The second-order valence-electron chi connectivity index (χ2n) is 15.9. The molecule has 2 amide bonds. The maximum atomic E-state index is 12.8. The Morgan fingerprint density at radius 3 is 2.29 bits per heavy atom. The number of aliphatic hydroxyl groups excluding tert-OH is 1. The van der Waals surface area contributed by atoms with Crippen molar-refractivity contribution in [2.75, 3.05) is 45.8 Å². The first-order valence-corrected chi connectivity index (χ1v) is 19.9. The van der Waals surface area contributed by atoms with Gasteiger partial charge in [0, 0.05) is 57.8 Å². The summed E-state index contributed by atoms with van der Waals surface area (Å²) in [5.74, 6) is 4.88. The van der Waals surface area contributed by atoms with Crippen molar-refractivity contribution in [1.29, 1.82) is 0 Å². The molecule has 2 saturated heterocycles. The SMILES string of the molecule is C=CCCC(C)CCC(=O)N1CC(O)CC1CNCC(=O)N1CCN(C2CCCCC2CC)CC1.C=O.CC1CCC2CCCCC2C1. The smallest absolute Gasteiger partial charge is 0.236 e. The van der Waals surface area contributed by atoms with Crippen molar-refractivity contribution in [3.05, 3.63) is 12.7 Å². The summed E-state index contributed by atoms with van der Waals surface area (Å²) < 4.78 is 0. The van der Waals surface area contributed by atoms with Crippen molar-refractivity contribution in [2.24, 2.45) is 29.6 Å². The molecule has 5 aliphatic rings. The number of nitrogens with one attached hydrogen (secondary N) is 1. The largest absolute Gasteiger partial charge is 0.391 e. The van der Waals surface area contributed by atoms with Crippen molar-refractivity contribution < 1.29 is 19.5 Å². The Morgan fingerprint density at radius 2 is 1.58 bits per heavy atom. The molecule has 0 aromatic carbocycles. The van der Waals surface area contributed by atoms with E-state index in [4.69, 9.17) is 4.79 Å². The molecule has 8 nitrogen and oxygen atoms in total. The summed E-state index contributed by atoms with van der Waals surface area (Å²) in [6.07, 6.45) is 22.8. The van der Waals surface area contributed by atoms with Gasteiger partial charge in [-0.05, 0) is 81.0 Å². The van der Waals surface area contributed by atoms with E-state index in [9.17, 15) is 14.7 Å². The minimum absolute atomic E-state index is 0.0390. The Bertz CT molecular complexity index is 940. The molecule has 0 aromatic rings. The second kappa shape index (κ2) is 22.1. The number of likely N-dealkylation sites (tertiary alicyclic amines) is 1. The van der Waals surface area contributed by atoms with Crippen LogP contribution in [0.4, 0.5) is 0 Å². The molecule has 0 bridgehead atoms. The predicted octanol–water partition coefficient (Wildman–Crippen LogP) is 6.46. The second-order valence-corrected chi connectivity index (χ2v) is 15.9. The molecule has 3 saturated carbocycles. The fourth-order valence-electron chi connectivity index (χ4n) is 9.46. The van der Waals surface area contributed by atoms with Gasteiger partial charge in [-0.25, -0.2) is 0 Å². The molecule has 8 atom stereocenters. The lowest BCUT2D eigenvalue weighted by atomic mass is 9.68. The fourth-order valence-corrected chi connectivity index (χ4v) is 9.46. The number of hydrogen-bond acceptors (Lipinski definition) is 6. The Morgan fingerprint density at radius 1 is 0.896 bits per heavy atom. The molecule has 8 heteroatoms. The van der Waals surface area contributed by atoms with E-state index in [1.54, 1.807) is 25.7 Å². The first kappa shape index (κ1) is 40.7. The number of amides is 2. The van der Waals surface area contributed by atoms with Crippen LogP contribution in [0.2, 0.25) is 0 Å². The molecular weight excluding hydrogens is 600 g/mol. The summed E-state index contributed by atoms with van der Waals surface area (Å²) in [4.78, 5) is 40.1. The van der Waals surface area contributed by atoms with Crippen LogP contribution in [-0.2, 0) is 14.4 Å². The standard InChI is InChI=1S/C28H50N4O3.C11H20.CH2O/c1-4-6-9-22(3)12-13-27(34)32-21-25(33)18-24(32)19-29-20-28(35)31-16-14-30(15-17-31)26-11-8-7-10-23(26)5-2;1-9-6-7-10-4-2-3-5-11(10)8-9;1-2/h4,22-26,29,33H,1,5-21H2,2-3H3;9-11H,2-8H2,1H3;1H2. The third-order valence-corrected chi connectivity index (χ3v) is 12.4. The van der Waals surface area contributed by atoms with Crippen LogP contribution in [0.3, 0.4) is 0 Å². The van der Waals surface area contributed by atoms with E-state index >= 15 is 0 Å². The molecule has 0 spiro atoms. The average molecular weight is 673 g/mol. The number of aliphatic hydroxyl groups is 1. The van der Waals surface area contributed by atoms with Gasteiger partial charge in [0.05, 0.1) is 12.6 Å². The lowest BCUT2D eigenvalue weighted by Crippen LogP contribution is -2.55. The number of fused-ring (bicyclic) bond motifs is 1. The molecule has 3 aliphatic carbocycles. The first-order chi connectivity index (χ1) is 23.3. The quantitative estimate of drug-likeness (QED) is 0.231. The number of allylic oxidation sites excluding steroid dienone is 1. The highest BCUT2D eigenvalue weighted by Gasteiger charge is 2.35. The van der Waals surface area contributed by atoms with Crippen LogP contribution in [0.25, 0.3) is 0 Å². The zero-order valence-corrected chi connectivity index (χ0v) is 31.1. The van der Waals surface area contributed by atoms with Crippen LogP contribution >= 0.6 is 0 Å². The zero-order valence-electron chi connectivity index (χ0n) is 31.1. The highest BCUT2D eigenvalue weighted by molar-refractivity contribution is 5.78. The van der Waals surface area contributed by atoms with Gasteiger partial charge in [-0.1, -0.05) is 78.2 Å². The van der Waals surface area contributed by atoms with E-state index in [0.717, 1.165) is 69.1 Å². The van der Waals surface area contributed by atoms with Gasteiger partial charge in [-0.15, -0.1) is 6.58 Å². The molecule has 0 radical (unpaired) electrons. The third kappa shape index (κ3) is 12.8. The third-order valence-electron chi connectivity index (χ3n) is 12.4. The average Bonchev–Trinajstić information content (AvgIpc) is 3.50. The number of hydrogen-bond donors (Lipinski definition) is 2. The maximum absolute atomic E-state index is 12.8. The summed E-state index contributed by atoms with van der Waals surface area (Å²) in [5, 5.41) is 13.5. The van der Waals surface area contributed by atoms with Gasteiger partial charge in [0.25, 0.3) is 0 Å². The number of carbonyl (C=O) groups excluding carboxylic acids is 3. The van der Waals surface area contributed by atoms with E-state index in [1.807, 2.05) is 22.7 Å². The van der Waals surface area contributed by atoms with Crippen molar-refractivity contribution in [3.63, 3.8) is 0 Å². The highest BCUT2D eigenvalue weighted by Crippen LogP contribution is 2.42. The van der Waals surface area contributed by atoms with Gasteiger partial charge >= 0.3 is 0 Å². The normalized spacial score (nSPS) is 31.4. The zero-order chi connectivity index (χ0) is 34.9. The molecule has 2 aliphatic heterocycles. The summed E-state index contributed by atoms with van der Waals surface area (Å²) in [6, 6.07) is 0.661. The van der Waals surface area contributed by atoms with E-state index in [1.165, 1.54) is 51.4 Å². The monoisotopic (exact) mass is 673 g/mol.